The molecule has 3 aromatic carbocycles. The van der Waals surface area contributed by atoms with Crippen molar-refractivity contribution in [1.29, 1.82) is 0 Å². The van der Waals surface area contributed by atoms with Crippen molar-refractivity contribution in [1.82, 2.24) is 19.4 Å². The summed E-state index contributed by atoms with van der Waals surface area (Å²) in [5, 5.41) is 3.97. The van der Waals surface area contributed by atoms with Gasteiger partial charge in [0.1, 0.15) is 0 Å². The molecule has 0 bridgehead atoms. The quantitative estimate of drug-likeness (QED) is 0.350. The van der Waals surface area contributed by atoms with Crippen molar-refractivity contribution < 1.29 is 9.59 Å². The number of thiazole rings is 1. The first-order valence-corrected chi connectivity index (χ1v) is 13.0. The topological polar surface area (TPSA) is 80.1 Å². The molecule has 5 aromatic rings. The summed E-state index contributed by atoms with van der Waals surface area (Å²) in [5.41, 5.74) is 6.13. The highest BCUT2D eigenvalue weighted by Crippen LogP contribution is 2.26. The van der Waals surface area contributed by atoms with Crippen LogP contribution in [0.15, 0.2) is 79.4 Å². The maximum atomic E-state index is 13.3. The van der Waals surface area contributed by atoms with E-state index in [9.17, 15) is 9.59 Å². The largest absolute Gasteiger partial charge is 0.334 e. The fraction of sp³-hybridized carbons (Fsp3) is 0.172. The zero-order valence-corrected chi connectivity index (χ0v) is 21.2. The molecule has 0 saturated carbocycles. The second kappa shape index (κ2) is 9.63. The van der Waals surface area contributed by atoms with Crippen molar-refractivity contribution in [2.75, 3.05) is 11.9 Å². The number of hydrogen-bond donors (Lipinski definition) is 1. The maximum Gasteiger partial charge on any atom is 0.255 e. The van der Waals surface area contributed by atoms with E-state index in [1.165, 1.54) is 5.56 Å². The van der Waals surface area contributed by atoms with Gasteiger partial charge < -0.3 is 14.8 Å². The van der Waals surface area contributed by atoms with Crippen molar-refractivity contribution in [3.05, 3.63) is 112 Å². The van der Waals surface area contributed by atoms with Crippen LogP contribution in [0.1, 0.15) is 42.4 Å². The van der Waals surface area contributed by atoms with E-state index in [-0.39, 0.29) is 11.8 Å². The number of imidazole rings is 1. The zero-order valence-electron chi connectivity index (χ0n) is 20.3. The van der Waals surface area contributed by atoms with Gasteiger partial charge in [-0.15, -0.1) is 11.3 Å². The molecule has 0 radical (unpaired) electrons. The lowest BCUT2D eigenvalue weighted by Crippen LogP contribution is -2.36. The van der Waals surface area contributed by atoms with Gasteiger partial charge in [0.2, 0.25) is 0 Å². The smallest absolute Gasteiger partial charge is 0.255 e. The lowest BCUT2D eigenvalue weighted by atomic mass is 9.96. The number of carbonyl (C=O) groups excluding carboxylic acids is 2. The van der Waals surface area contributed by atoms with Crippen molar-refractivity contribution in [2.45, 2.75) is 26.4 Å². The molecule has 2 aromatic heterocycles. The number of aromatic nitrogens is 3. The molecule has 0 saturated heterocycles. The van der Waals surface area contributed by atoms with Crippen LogP contribution in [0.25, 0.3) is 10.2 Å². The van der Waals surface area contributed by atoms with Crippen molar-refractivity contribution in [3.63, 3.8) is 0 Å². The molecule has 8 heteroatoms. The summed E-state index contributed by atoms with van der Waals surface area (Å²) in [6, 6.07) is 19.3. The Bertz CT molecular complexity index is 1610. The number of hydrogen-bond acceptors (Lipinski definition) is 5. The molecule has 3 heterocycles. The van der Waals surface area contributed by atoms with Gasteiger partial charge in [0.05, 0.1) is 21.6 Å². The third-order valence-corrected chi connectivity index (χ3v) is 7.60. The van der Waals surface area contributed by atoms with Gasteiger partial charge in [0.15, 0.2) is 0 Å². The number of carbonyl (C=O) groups is 2. The van der Waals surface area contributed by atoms with Crippen LogP contribution in [-0.2, 0) is 19.5 Å². The van der Waals surface area contributed by atoms with Crippen molar-refractivity contribution >= 4 is 39.1 Å². The van der Waals surface area contributed by atoms with Gasteiger partial charge in [0, 0.05) is 48.8 Å². The molecule has 1 aliphatic heterocycles. The summed E-state index contributed by atoms with van der Waals surface area (Å²) in [5.74, 6) is -0.179. The average Bonchev–Trinajstić information content (AvgIpc) is 3.56. The number of amides is 2. The fourth-order valence-electron chi connectivity index (χ4n) is 4.72. The molecule has 184 valence electrons. The van der Waals surface area contributed by atoms with Crippen LogP contribution in [-0.4, -0.2) is 37.8 Å². The summed E-state index contributed by atoms with van der Waals surface area (Å²) in [7, 11) is 0. The maximum absolute atomic E-state index is 13.3. The van der Waals surface area contributed by atoms with Crippen LogP contribution in [0.3, 0.4) is 0 Å². The Kier molecular flexibility index (Phi) is 6.02. The number of benzene rings is 3. The van der Waals surface area contributed by atoms with E-state index in [4.69, 9.17) is 0 Å². The minimum Gasteiger partial charge on any atom is -0.334 e. The molecule has 7 nitrogen and oxygen atoms in total. The molecular formula is C29H25N5O2S. The van der Waals surface area contributed by atoms with Gasteiger partial charge in [-0.1, -0.05) is 18.2 Å². The summed E-state index contributed by atoms with van der Waals surface area (Å²) in [6.07, 6.45) is 6.21. The standard InChI is InChI=1S/C29H25N5O2S/c1-19-31-26-15-23(6-9-27(26)37-19)29(36)34-12-10-21-4-5-22(14-24(21)17-34)28(35)32-25-7-2-20(3-8-25)16-33-13-11-30-18-33/h2-9,11,13-15,18H,10,12,16-17H2,1H3,(H,32,35). The third-order valence-electron chi connectivity index (χ3n) is 6.65. The monoisotopic (exact) mass is 507 g/mol. The number of aryl methyl sites for hydroxylation is 1. The molecule has 2 amide bonds. The lowest BCUT2D eigenvalue weighted by Gasteiger charge is -2.29. The van der Waals surface area contributed by atoms with Crippen LogP contribution in [0.5, 0.6) is 0 Å². The van der Waals surface area contributed by atoms with E-state index in [1.54, 1.807) is 23.9 Å². The van der Waals surface area contributed by atoms with Gasteiger partial charge in [0.25, 0.3) is 11.8 Å². The first-order valence-electron chi connectivity index (χ1n) is 12.2. The molecule has 6 rings (SSSR count). The second-order valence-corrected chi connectivity index (χ2v) is 10.5. The summed E-state index contributed by atoms with van der Waals surface area (Å²) < 4.78 is 3.08. The summed E-state index contributed by atoms with van der Waals surface area (Å²) >= 11 is 1.63. The van der Waals surface area contributed by atoms with E-state index >= 15 is 0 Å². The highest BCUT2D eigenvalue weighted by molar-refractivity contribution is 7.18. The average molecular weight is 508 g/mol. The van der Waals surface area contributed by atoms with Crippen LogP contribution in [0.2, 0.25) is 0 Å². The molecule has 0 atom stereocenters. The molecule has 0 aliphatic carbocycles. The van der Waals surface area contributed by atoms with E-state index in [2.05, 4.69) is 15.3 Å². The number of anilines is 1. The summed E-state index contributed by atoms with van der Waals surface area (Å²) in [6.45, 7) is 3.83. The Morgan fingerprint density at radius 2 is 1.84 bits per heavy atom. The predicted octanol–water partition coefficient (Wildman–Crippen LogP) is 5.30. The Hall–Kier alpha value is -4.30. The van der Waals surface area contributed by atoms with E-state index in [1.807, 2.05) is 83.3 Å². The fourth-order valence-corrected chi connectivity index (χ4v) is 5.53. The van der Waals surface area contributed by atoms with Gasteiger partial charge >= 0.3 is 0 Å². The Morgan fingerprint density at radius 3 is 2.65 bits per heavy atom. The van der Waals surface area contributed by atoms with Crippen LogP contribution < -0.4 is 5.32 Å². The minimum absolute atomic E-state index is 0.0103. The first-order chi connectivity index (χ1) is 18.0. The molecule has 0 spiro atoms. The normalized spacial score (nSPS) is 12.9. The third kappa shape index (κ3) is 4.88. The highest BCUT2D eigenvalue weighted by Gasteiger charge is 2.23. The number of nitrogens with zero attached hydrogens (tertiary/aromatic N) is 4. The SMILES string of the molecule is Cc1nc2cc(C(=O)N3CCc4ccc(C(=O)Nc5ccc(Cn6ccnc6)cc5)cc4C3)ccc2s1. The molecule has 1 N–H and O–H groups in total. The van der Waals surface area contributed by atoms with Gasteiger partial charge in [-0.2, -0.15) is 0 Å². The van der Waals surface area contributed by atoms with Gasteiger partial charge in [-0.3, -0.25) is 9.59 Å². The van der Waals surface area contributed by atoms with Crippen LogP contribution in [0, 0.1) is 6.92 Å². The molecule has 0 unspecified atom stereocenters. The zero-order chi connectivity index (χ0) is 25.4. The number of fused-ring (bicyclic) bond motifs is 2. The molecule has 1 aliphatic rings. The highest BCUT2D eigenvalue weighted by atomic mass is 32.1. The predicted molar refractivity (Wildman–Crippen MR) is 145 cm³/mol. The van der Waals surface area contributed by atoms with E-state index in [0.717, 1.165) is 45.0 Å². The molecule has 0 fully saturated rings. The van der Waals surface area contributed by atoms with Crippen LogP contribution >= 0.6 is 11.3 Å². The minimum atomic E-state index is -0.169. The van der Waals surface area contributed by atoms with Gasteiger partial charge in [-0.05, 0) is 72.5 Å². The molecular weight excluding hydrogens is 482 g/mol. The first kappa shape index (κ1) is 23.1. The Morgan fingerprint density at radius 1 is 1.00 bits per heavy atom. The van der Waals surface area contributed by atoms with Gasteiger partial charge in [-0.25, -0.2) is 9.97 Å². The Balaban J connectivity index is 1.14. The summed E-state index contributed by atoms with van der Waals surface area (Å²) in [4.78, 5) is 36.7. The van der Waals surface area contributed by atoms with Crippen molar-refractivity contribution in [3.8, 4) is 0 Å². The number of nitrogens with one attached hydrogen (secondary N) is 1. The van der Waals surface area contributed by atoms with Crippen LogP contribution in [0.4, 0.5) is 5.69 Å². The number of rotatable bonds is 5. The van der Waals surface area contributed by atoms with Crippen molar-refractivity contribution in [2.24, 2.45) is 0 Å². The lowest BCUT2D eigenvalue weighted by molar-refractivity contribution is 0.0735. The second-order valence-electron chi connectivity index (χ2n) is 9.26. The molecule has 37 heavy (non-hydrogen) atoms. The van der Waals surface area contributed by atoms with E-state index in [0.29, 0.717) is 24.2 Å². The van der Waals surface area contributed by atoms with E-state index < -0.39 is 0 Å². The Labute approximate surface area is 218 Å².